The Hall–Kier alpha value is -0.0300. The Kier molecular flexibility index (Phi) is 6.76. The number of hydrogen-bond acceptors (Lipinski definition) is 8. The molecule has 7 N–H and O–H groups in total. The normalized spacial score (nSPS) is 51.3. The molecule has 3 heterocycles. The van der Waals surface area contributed by atoms with Gasteiger partial charge >= 0.3 is 0 Å². The number of alkyl halides is 1. The summed E-state index contributed by atoms with van der Waals surface area (Å²) in [6.07, 6.45) is 2.83. The quantitative estimate of drug-likeness (QED) is 0.324. The van der Waals surface area contributed by atoms with E-state index in [1.54, 1.807) is 6.92 Å². The highest BCUT2D eigenvalue weighted by atomic mass is 35.5. The van der Waals surface area contributed by atoms with Crippen LogP contribution >= 0.6 is 11.6 Å². The minimum absolute atomic E-state index is 0.0594. The molecule has 0 aromatic rings. The van der Waals surface area contributed by atoms with Crippen LogP contribution in [-0.2, 0) is 4.74 Å². The largest absolute Gasteiger partial charge is 0.386 e. The van der Waals surface area contributed by atoms with Gasteiger partial charge in [0.2, 0.25) is 0 Å². The molecule has 168 valence electrons. The van der Waals surface area contributed by atoms with Crippen molar-refractivity contribution < 1.29 is 14.9 Å². The third-order valence-electron chi connectivity index (χ3n) is 7.80. The van der Waals surface area contributed by atoms with Crippen LogP contribution in [0.1, 0.15) is 39.0 Å². The standard InChI is InChI=1S/C20H38ClN5O3/c1-20(28)15(8-11-3-4-13(21)7-12(11)9-23-2)29-19(16(20)27)26-6-5-14-17(22)24-10-25-18(14)26/h11-19,23-25,27-28H,3-10,22H2,1-2H3/t11?,12?,13?,14?,15-,16+,17?,18?,19-,20-/m1/s1. The molecule has 10 atom stereocenters. The molecule has 9 heteroatoms. The average Bonchev–Trinajstić information content (AvgIpc) is 3.19. The zero-order valence-corrected chi connectivity index (χ0v) is 18.3. The van der Waals surface area contributed by atoms with Crippen molar-refractivity contribution in [2.24, 2.45) is 23.5 Å². The van der Waals surface area contributed by atoms with Gasteiger partial charge in [0.15, 0.2) is 0 Å². The molecule has 29 heavy (non-hydrogen) atoms. The molecule has 3 aliphatic heterocycles. The highest BCUT2D eigenvalue weighted by Gasteiger charge is 2.57. The summed E-state index contributed by atoms with van der Waals surface area (Å²) in [5, 5.41) is 32.4. The first-order valence-corrected chi connectivity index (χ1v) is 11.6. The van der Waals surface area contributed by atoms with Gasteiger partial charge in [0.1, 0.15) is 17.9 Å². The van der Waals surface area contributed by atoms with Gasteiger partial charge in [-0.15, -0.1) is 11.6 Å². The van der Waals surface area contributed by atoms with E-state index in [2.05, 4.69) is 20.9 Å². The molecule has 3 saturated heterocycles. The first kappa shape index (κ1) is 22.2. The van der Waals surface area contributed by atoms with Crippen molar-refractivity contribution in [2.75, 3.05) is 26.8 Å². The number of nitrogens with two attached hydrogens (primary N) is 1. The molecule has 0 aromatic carbocycles. The Morgan fingerprint density at radius 1 is 1.28 bits per heavy atom. The van der Waals surface area contributed by atoms with Gasteiger partial charge in [0.25, 0.3) is 0 Å². The summed E-state index contributed by atoms with van der Waals surface area (Å²) >= 11 is 6.42. The van der Waals surface area contributed by atoms with Crippen LogP contribution in [0.3, 0.4) is 0 Å². The smallest absolute Gasteiger partial charge is 0.141 e. The number of rotatable bonds is 5. The first-order valence-electron chi connectivity index (χ1n) is 11.2. The van der Waals surface area contributed by atoms with Gasteiger partial charge in [-0.05, 0) is 64.5 Å². The maximum absolute atomic E-state index is 11.2. The van der Waals surface area contributed by atoms with E-state index in [0.717, 1.165) is 45.2 Å². The van der Waals surface area contributed by atoms with Crippen LogP contribution in [0.15, 0.2) is 0 Å². The lowest BCUT2D eigenvalue weighted by atomic mass is 9.74. The van der Waals surface area contributed by atoms with Gasteiger partial charge in [0.05, 0.1) is 18.4 Å². The molecular formula is C20H38ClN5O3. The predicted molar refractivity (Wildman–Crippen MR) is 112 cm³/mol. The van der Waals surface area contributed by atoms with E-state index in [1.807, 2.05) is 7.05 Å². The molecule has 4 aliphatic rings. The van der Waals surface area contributed by atoms with Crippen LogP contribution in [-0.4, -0.2) is 83.7 Å². The lowest BCUT2D eigenvalue weighted by Crippen LogP contribution is -2.64. The number of likely N-dealkylation sites (tertiary alicyclic amines) is 1. The zero-order valence-electron chi connectivity index (χ0n) is 17.6. The van der Waals surface area contributed by atoms with Crippen molar-refractivity contribution in [1.29, 1.82) is 0 Å². The molecule has 6 unspecified atom stereocenters. The number of aliphatic hydroxyl groups excluding tert-OH is 1. The fraction of sp³-hybridized carbons (Fsp3) is 1.00. The molecule has 4 rings (SSSR count). The SMILES string of the molecule is CNCC1CC(Cl)CCC1C[C@H]1O[C@@H](N2CCC3C(N)NCNC32)[C@H](O)[C@]1(C)O. The van der Waals surface area contributed by atoms with Crippen LogP contribution in [0, 0.1) is 17.8 Å². The van der Waals surface area contributed by atoms with Gasteiger partial charge in [-0.1, -0.05) is 0 Å². The van der Waals surface area contributed by atoms with Gasteiger partial charge in [-0.25, -0.2) is 0 Å². The fourth-order valence-corrected chi connectivity index (χ4v) is 6.34. The molecule has 0 aromatic heterocycles. The number of nitrogens with one attached hydrogen (secondary N) is 3. The van der Waals surface area contributed by atoms with Crippen molar-refractivity contribution in [3.8, 4) is 0 Å². The Bertz CT molecular complexity index is 570. The number of ether oxygens (including phenoxy) is 1. The number of nitrogens with zero attached hydrogens (tertiary/aromatic N) is 1. The van der Waals surface area contributed by atoms with Crippen molar-refractivity contribution in [2.45, 2.75) is 80.8 Å². The van der Waals surface area contributed by atoms with Gasteiger partial charge in [0, 0.05) is 24.5 Å². The molecule has 4 fully saturated rings. The summed E-state index contributed by atoms with van der Waals surface area (Å²) in [4.78, 5) is 2.16. The van der Waals surface area contributed by atoms with Crippen LogP contribution in [0.5, 0.6) is 0 Å². The summed E-state index contributed by atoms with van der Waals surface area (Å²) < 4.78 is 6.38. The molecule has 8 nitrogen and oxygen atoms in total. The summed E-state index contributed by atoms with van der Waals surface area (Å²) in [5.41, 5.74) is 4.95. The van der Waals surface area contributed by atoms with E-state index in [4.69, 9.17) is 22.1 Å². The molecule has 0 bridgehead atoms. The Morgan fingerprint density at radius 2 is 2.07 bits per heavy atom. The summed E-state index contributed by atoms with van der Waals surface area (Å²) in [6.45, 7) is 4.06. The van der Waals surface area contributed by atoms with E-state index in [1.165, 1.54) is 0 Å². The van der Waals surface area contributed by atoms with E-state index >= 15 is 0 Å². The van der Waals surface area contributed by atoms with E-state index < -0.39 is 24.0 Å². The van der Waals surface area contributed by atoms with Crippen LogP contribution < -0.4 is 21.7 Å². The zero-order chi connectivity index (χ0) is 20.8. The highest BCUT2D eigenvalue weighted by molar-refractivity contribution is 6.20. The fourth-order valence-electron chi connectivity index (χ4n) is 5.98. The molecule has 1 aliphatic carbocycles. The van der Waals surface area contributed by atoms with Crippen LogP contribution in [0.2, 0.25) is 0 Å². The van der Waals surface area contributed by atoms with Crippen molar-refractivity contribution >= 4 is 11.6 Å². The minimum atomic E-state index is -1.28. The summed E-state index contributed by atoms with van der Waals surface area (Å²) in [7, 11) is 1.97. The first-order chi connectivity index (χ1) is 13.8. The van der Waals surface area contributed by atoms with Gasteiger partial charge in [-0.2, -0.15) is 0 Å². The third-order valence-corrected chi connectivity index (χ3v) is 8.20. The number of fused-ring (bicyclic) bond motifs is 1. The number of halogens is 1. The van der Waals surface area contributed by atoms with Gasteiger partial charge < -0.3 is 26.0 Å². The monoisotopic (exact) mass is 431 g/mol. The Morgan fingerprint density at radius 3 is 2.83 bits per heavy atom. The maximum Gasteiger partial charge on any atom is 0.141 e. The molecule has 0 spiro atoms. The predicted octanol–water partition coefficient (Wildman–Crippen LogP) is -0.460. The van der Waals surface area contributed by atoms with Gasteiger partial charge in [-0.3, -0.25) is 15.5 Å². The number of aliphatic hydroxyl groups is 2. The lowest BCUT2D eigenvalue weighted by molar-refractivity contribution is -0.110. The van der Waals surface area contributed by atoms with E-state index in [-0.39, 0.29) is 23.6 Å². The second kappa shape index (κ2) is 8.84. The molecule has 1 saturated carbocycles. The van der Waals surface area contributed by atoms with Crippen LogP contribution in [0.25, 0.3) is 0 Å². The molecule has 0 amide bonds. The lowest BCUT2D eigenvalue weighted by Gasteiger charge is -2.39. The second-order valence-corrected chi connectivity index (χ2v) is 10.3. The Labute approximate surface area is 178 Å². The summed E-state index contributed by atoms with van der Waals surface area (Å²) in [6, 6.07) is 0. The second-order valence-electron chi connectivity index (χ2n) is 9.66. The third kappa shape index (κ3) is 4.21. The highest BCUT2D eigenvalue weighted by Crippen LogP contribution is 2.43. The number of hydrogen-bond donors (Lipinski definition) is 6. The average molecular weight is 432 g/mol. The maximum atomic E-state index is 11.2. The van der Waals surface area contributed by atoms with E-state index in [0.29, 0.717) is 18.5 Å². The minimum Gasteiger partial charge on any atom is -0.386 e. The van der Waals surface area contributed by atoms with Crippen LogP contribution in [0.4, 0.5) is 0 Å². The van der Waals surface area contributed by atoms with Crippen molar-refractivity contribution in [3.05, 3.63) is 0 Å². The van der Waals surface area contributed by atoms with Crippen molar-refractivity contribution in [1.82, 2.24) is 20.9 Å². The van der Waals surface area contributed by atoms with Crippen molar-refractivity contribution in [3.63, 3.8) is 0 Å². The molecular weight excluding hydrogens is 394 g/mol. The Balaban J connectivity index is 1.45. The topological polar surface area (TPSA) is 115 Å². The summed E-state index contributed by atoms with van der Waals surface area (Å²) in [5.74, 6) is 1.16. The molecule has 0 radical (unpaired) electrons. The van der Waals surface area contributed by atoms with E-state index in [9.17, 15) is 10.2 Å².